The molecule has 3 aromatic heterocycles. The molecule has 3 heterocycles. The van der Waals surface area contributed by atoms with Crippen molar-refractivity contribution in [1.29, 1.82) is 0 Å². The highest BCUT2D eigenvalue weighted by Crippen LogP contribution is 2.63. The zero-order valence-corrected chi connectivity index (χ0v) is 40.7. The van der Waals surface area contributed by atoms with Crippen LogP contribution in [0, 0.1) is 0 Å². The van der Waals surface area contributed by atoms with Gasteiger partial charge in [-0.3, -0.25) is 0 Å². The third-order valence-corrected chi connectivity index (χ3v) is 16.7. The van der Waals surface area contributed by atoms with Crippen LogP contribution in [0.3, 0.4) is 0 Å². The summed E-state index contributed by atoms with van der Waals surface area (Å²) in [7, 11) is 0. The number of para-hydroxylation sites is 2. The fourth-order valence-electron chi connectivity index (χ4n) is 11.3. The van der Waals surface area contributed by atoms with Gasteiger partial charge in [-0.2, -0.15) is 0 Å². The third-order valence-electron chi connectivity index (χ3n) is 14.6. The fraction of sp³-hybridized carbons (Fsp3) is 0.0152. The lowest BCUT2D eigenvalue weighted by molar-refractivity contribution is 0.794. The Morgan fingerprint density at radius 3 is 1.10 bits per heavy atom. The van der Waals surface area contributed by atoms with E-state index in [1.54, 1.807) is 22.7 Å². The first kappa shape index (κ1) is 41.7. The molecule has 2 aliphatic carbocycles. The maximum absolute atomic E-state index is 5.54. The summed E-state index contributed by atoms with van der Waals surface area (Å²) in [6.07, 6.45) is 0. The zero-order chi connectivity index (χ0) is 48.0. The number of fused-ring (bicyclic) bond motifs is 12. The molecule has 0 unspecified atom stereocenters. The first-order valence-corrected chi connectivity index (χ1v) is 26.1. The van der Waals surface area contributed by atoms with Crippen LogP contribution in [-0.4, -0.2) is 24.9 Å². The molecule has 0 radical (unpaired) electrons. The summed E-state index contributed by atoms with van der Waals surface area (Å²) in [6.45, 7) is 0. The monoisotopic (exact) mass is 965 g/mol. The number of hydrogen-bond acceptors (Lipinski definition) is 7. The molecule has 5 nitrogen and oxygen atoms in total. The van der Waals surface area contributed by atoms with E-state index in [1.807, 2.05) is 12.1 Å². The third kappa shape index (κ3) is 6.70. The second-order valence-corrected chi connectivity index (χ2v) is 20.8. The molecule has 0 N–H and O–H groups in total. The predicted molar refractivity (Wildman–Crippen MR) is 301 cm³/mol. The van der Waals surface area contributed by atoms with Gasteiger partial charge in [-0.1, -0.05) is 170 Å². The van der Waals surface area contributed by atoms with E-state index in [9.17, 15) is 0 Å². The van der Waals surface area contributed by atoms with E-state index in [0.717, 1.165) is 80.5 Å². The summed E-state index contributed by atoms with van der Waals surface area (Å²) < 4.78 is 2.26. The van der Waals surface area contributed by atoms with Crippen LogP contribution in [0.2, 0.25) is 0 Å². The van der Waals surface area contributed by atoms with E-state index < -0.39 is 5.41 Å². The molecule has 1 spiro atoms. The van der Waals surface area contributed by atoms with Gasteiger partial charge < -0.3 is 0 Å². The summed E-state index contributed by atoms with van der Waals surface area (Å²) in [5, 5.41) is 1.84. The molecule has 0 amide bonds. The van der Waals surface area contributed by atoms with Crippen LogP contribution < -0.4 is 0 Å². The topological polar surface area (TPSA) is 64.5 Å². The van der Waals surface area contributed by atoms with Crippen molar-refractivity contribution < 1.29 is 0 Å². The molecule has 15 rings (SSSR count). The van der Waals surface area contributed by atoms with Gasteiger partial charge in [-0.05, 0) is 133 Å². The first-order valence-electron chi connectivity index (χ1n) is 24.5. The van der Waals surface area contributed by atoms with E-state index in [0.29, 0.717) is 17.5 Å². The number of rotatable bonds is 7. The Morgan fingerprint density at radius 2 is 0.616 bits per heavy atom. The average Bonchev–Trinajstić information content (AvgIpc) is 4.25. The van der Waals surface area contributed by atoms with E-state index in [-0.39, 0.29) is 0 Å². The Bertz CT molecular complexity index is 4070. The molecule has 0 fully saturated rings. The standard InChI is InChI=1S/C66H39N5S2/c1-3-17-40(18-4-1)43-33-44(41-19-5-2-6-20-41)35-45(34-43)62-69-61(42-31-32-52-51-23-9-12-26-55(51)66(56(52)39-42)53-24-10-7-21-49(53)50-22-8-11-25-54(50)66)70-63(71-62)46-36-47(64-67-57-27-13-15-29-59(57)72-64)38-48(37-46)65-68-58-28-14-16-30-60(58)73-65/h1-39H. The van der Waals surface area contributed by atoms with Gasteiger partial charge in [0.2, 0.25) is 0 Å². The number of nitrogens with zero attached hydrogens (tertiary/aromatic N) is 5. The van der Waals surface area contributed by atoms with E-state index >= 15 is 0 Å². The van der Waals surface area contributed by atoms with Crippen molar-refractivity contribution in [2.45, 2.75) is 5.41 Å². The Kier molecular flexibility index (Phi) is 9.46. The Balaban J connectivity index is 0.991. The normalized spacial score (nSPS) is 12.8. The number of aromatic nitrogens is 5. The van der Waals surface area contributed by atoms with Crippen molar-refractivity contribution in [3.8, 4) is 99.8 Å². The first-order chi connectivity index (χ1) is 36.1. The van der Waals surface area contributed by atoms with Gasteiger partial charge in [0.1, 0.15) is 10.0 Å². The quantitative estimate of drug-likeness (QED) is 0.159. The average molecular weight is 966 g/mol. The number of thiazole rings is 2. The number of hydrogen-bond donors (Lipinski definition) is 0. The van der Waals surface area contributed by atoms with Gasteiger partial charge in [0.15, 0.2) is 17.5 Å². The van der Waals surface area contributed by atoms with Gasteiger partial charge in [-0.15, -0.1) is 22.7 Å². The molecule has 0 saturated heterocycles. The minimum Gasteiger partial charge on any atom is -0.236 e. The second-order valence-electron chi connectivity index (χ2n) is 18.8. The summed E-state index contributed by atoms with van der Waals surface area (Å²) >= 11 is 3.37. The van der Waals surface area contributed by atoms with Gasteiger partial charge in [-0.25, -0.2) is 24.9 Å². The molecule has 2 aliphatic rings. The molecule has 7 heteroatoms. The fourth-order valence-corrected chi connectivity index (χ4v) is 13.2. The molecule has 0 bridgehead atoms. The Labute approximate surface area is 429 Å². The lowest BCUT2D eigenvalue weighted by Gasteiger charge is -2.30. The Morgan fingerprint density at radius 1 is 0.247 bits per heavy atom. The highest BCUT2D eigenvalue weighted by atomic mass is 32.1. The van der Waals surface area contributed by atoms with Crippen molar-refractivity contribution in [1.82, 2.24) is 24.9 Å². The van der Waals surface area contributed by atoms with Gasteiger partial charge in [0, 0.05) is 27.8 Å². The van der Waals surface area contributed by atoms with Crippen molar-refractivity contribution in [3.05, 3.63) is 259 Å². The van der Waals surface area contributed by atoms with Gasteiger partial charge in [0.25, 0.3) is 0 Å². The van der Waals surface area contributed by atoms with Crippen LogP contribution in [0.15, 0.2) is 237 Å². The highest BCUT2D eigenvalue weighted by Gasteiger charge is 2.51. The van der Waals surface area contributed by atoms with Crippen molar-refractivity contribution in [3.63, 3.8) is 0 Å². The zero-order valence-electron chi connectivity index (χ0n) is 39.1. The molecular formula is C66H39N5S2. The Hall–Kier alpha value is -9.01. The van der Waals surface area contributed by atoms with Gasteiger partial charge >= 0.3 is 0 Å². The maximum atomic E-state index is 5.54. The molecular weight excluding hydrogens is 927 g/mol. The predicted octanol–water partition coefficient (Wildman–Crippen LogP) is 17.1. The summed E-state index contributed by atoms with van der Waals surface area (Å²) in [6, 6.07) is 84.7. The summed E-state index contributed by atoms with van der Waals surface area (Å²) in [4.78, 5) is 26.9. The van der Waals surface area contributed by atoms with Crippen LogP contribution in [0.4, 0.5) is 0 Å². The van der Waals surface area contributed by atoms with Crippen molar-refractivity contribution in [2.75, 3.05) is 0 Å². The molecule has 73 heavy (non-hydrogen) atoms. The molecule has 10 aromatic carbocycles. The minimum absolute atomic E-state index is 0.528. The lowest BCUT2D eigenvalue weighted by Crippen LogP contribution is -2.25. The largest absolute Gasteiger partial charge is 0.236 e. The molecule has 0 saturated carbocycles. The second kappa shape index (κ2) is 16.5. The smallest absolute Gasteiger partial charge is 0.164 e. The van der Waals surface area contributed by atoms with Crippen LogP contribution >= 0.6 is 22.7 Å². The molecule has 13 aromatic rings. The van der Waals surface area contributed by atoms with Crippen LogP contribution in [-0.2, 0) is 5.41 Å². The number of benzene rings is 10. The van der Waals surface area contributed by atoms with Crippen LogP contribution in [0.25, 0.3) is 120 Å². The summed E-state index contributed by atoms with van der Waals surface area (Å²) in [5.74, 6) is 1.73. The van der Waals surface area contributed by atoms with Crippen LogP contribution in [0.1, 0.15) is 22.3 Å². The van der Waals surface area contributed by atoms with E-state index in [1.165, 1.54) is 44.5 Å². The summed E-state index contributed by atoms with van der Waals surface area (Å²) in [5.41, 5.74) is 20.5. The van der Waals surface area contributed by atoms with Crippen molar-refractivity contribution >= 4 is 43.1 Å². The maximum Gasteiger partial charge on any atom is 0.164 e. The SMILES string of the molecule is c1ccc(-c2cc(-c3ccccc3)cc(-c3nc(-c4cc(-c5nc6ccccc6s5)cc(-c5nc6ccccc6s5)c4)nc(-c4ccc5c(c4)C4(c6ccccc6-c6ccccc64)c4ccccc4-5)n3)c2)cc1. The minimum atomic E-state index is -0.528. The van der Waals surface area contributed by atoms with Crippen LogP contribution in [0.5, 0.6) is 0 Å². The highest BCUT2D eigenvalue weighted by molar-refractivity contribution is 7.22. The molecule has 340 valence electrons. The van der Waals surface area contributed by atoms with Crippen molar-refractivity contribution in [2.24, 2.45) is 0 Å². The van der Waals surface area contributed by atoms with Gasteiger partial charge in [0.05, 0.1) is 25.8 Å². The van der Waals surface area contributed by atoms with E-state index in [2.05, 4.69) is 224 Å². The lowest BCUT2D eigenvalue weighted by atomic mass is 9.70. The van der Waals surface area contributed by atoms with E-state index in [4.69, 9.17) is 24.9 Å². The molecule has 0 atom stereocenters. The molecule has 0 aliphatic heterocycles.